The average molecular weight is 114 g/mol. The van der Waals surface area contributed by atoms with E-state index in [1.54, 1.807) is 6.55 Å². The van der Waals surface area contributed by atoms with Crippen molar-refractivity contribution in [2.75, 3.05) is 0 Å². The lowest BCUT2D eigenvalue weighted by atomic mass is 10.6. The van der Waals surface area contributed by atoms with Gasteiger partial charge >= 0.3 is 0 Å². The summed E-state index contributed by atoms with van der Waals surface area (Å²) in [6, 6.07) is 2.56. The molecular weight excluding hydrogens is 106 g/mol. The Morgan fingerprint density at radius 2 is 2.43 bits per heavy atom. The zero-order valence-corrected chi connectivity index (χ0v) is 5.50. The van der Waals surface area contributed by atoms with Gasteiger partial charge in [0.15, 0.2) is 0 Å². The lowest BCUT2D eigenvalue weighted by Crippen LogP contribution is -2.00. The summed E-state index contributed by atoms with van der Waals surface area (Å²) in [6.45, 7) is 1.71. The van der Waals surface area contributed by atoms with Crippen LogP contribution in [0.4, 0.5) is 0 Å². The standard InChI is InChI=1S/C4H8NOSi/c1-7(6)4-2-3-5/h7H,2,4H2,1H3. The number of nitrogens with zero attached hydrogens (tertiary/aromatic N) is 1. The summed E-state index contributed by atoms with van der Waals surface area (Å²) in [6.07, 6.45) is 0.455. The molecule has 0 fully saturated rings. The van der Waals surface area contributed by atoms with Gasteiger partial charge in [-0.3, -0.25) is 0 Å². The molecule has 0 saturated heterocycles. The first-order chi connectivity index (χ1) is 3.27. The highest BCUT2D eigenvalue weighted by molar-refractivity contribution is 6.48. The van der Waals surface area contributed by atoms with Gasteiger partial charge in [0.1, 0.15) is 0 Å². The summed E-state index contributed by atoms with van der Waals surface area (Å²) in [5, 5.41) is 7.95. The first kappa shape index (κ1) is 6.67. The summed E-state index contributed by atoms with van der Waals surface area (Å²) in [7, 11) is -1.66. The minimum Gasteiger partial charge on any atom is -0.302 e. The van der Waals surface area contributed by atoms with E-state index in [0.29, 0.717) is 12.5 Å². The van der Waals surface area contributed by atoms with Crippen molar-refractivity contribution in [2.24, 2.45) is 0 Å². The second kappa shape index (κ2) is 3.84. The van der Waals surface area contributed by atoms with Crippen LogP contribution in [-0.4, -0.2) is 9.04 Å². The van der Waals surface area contributed by atoms with Crippen LogP contribution in [0.5, 0.6) is 0 Å². The zero-order chi connectivity index (χ0) is 5.70. The molecule has 0 amide bonds. The summed E-state index contributed by atoms with van der Waals surface area (Å²) in [5.74, 6) is 0. The van der Waals surface area contributed by atoms with E-state index in [2.05, 4.69) is 0 Å². The van der Waals surface area contributed by atoms with Gasteiger partial charge in [-0.15, -0.1) is 0 Å². The van der Waals surface area contributed by atoms with E-state index in [4.69, 9.17) is 5.26 Å². The summed E-state index contributed by atoms with van der Waals surface area (Å²) in [4.78, 5) is 10.3. The Morgan fingerprint density at radius 3 is 2.57 bits per heavy atom. The molecule has 0 spiro atoms. The third kappa shape index (κ3) is 5.67. The number of nitriles is 1. The van der Waals surface area contributed by atoms with Gasteiger partial charge in [0.05, 0.1) is 6.07 Å². The normalized spacial score (nSPS) is 12.7. The van der Waals surface area contributed by atoms with Crippen molar-refractivity contribution in [3.63, 3.8) is 0 Å². The van der Waals surface area contributed by atoms with Crippen molar-refractivity contribution in [2.45, 2.75) is 19.0 Å². The molecule has 1 unspecified atom stereocenters. The van der Waals surface area contributed by atoms with Gasteiger partial charge in [-0.05, 0) is 12.6 Å². The van der Waals surface area contributed by atoms with E-state index < -0.39 is 9.04 Å². The fraction of sp³-hybridized carbons (Fsp3) is 0.750. The minimum absolute atomic E-state index is 0.455. The van der Waals surface area contributed by atoms with Crippen molar-refractivity contribution < 1.29 is 4.80 Å². The number of rotatable bonds is 2. The summed E-state index contributed by atoms with van der Waals surface area (Å²) in [5.41, 5.74) is 0. The van der Waals surface area contributed by atoms with Crippen molar-refractivity contribution in [1.82, 2.24) is 0 Å². The van der Waals surface area contributed by atoms with Crippen molar-refractivity contribution in [3.05, 3.63) is 0 Å². The molecule has 0 N–H and O–H groups in total. The molecule has 0 heterocycles. The average Bonchev–Trinajstić information content (AvgIpc) is 1.61. The van der Waals surface area contributed by atoms with E-state index in [9.17, 15) is 4.80 Å². The van der Waals surface area contributed by atoms with Crippen LogP contribution in [0.25, 0.3) is 0 Å². The molecule has 0 aliphatic rings. The molecular formula is C4H8NOSi. The monoisotopic (exact) mass is 114 g/mol. The molecule has 0 aromatic rings. The molecule has 2 nitrogen and oxygen atoms in total. The lowest BCUT2D eigenvalue weighted by molar-refractivity contribution is 0.452. The van der Waals surface area contributed by atoms with E-state index in [0.717, 1.165) is 0 Å². The first-order valence-electron chi connectivity index (χ1n) is 2.30. The Morgan fingerprint density at radius 1 is 1.86 bits per heavy atom. The van der Waals surface area contributed by atoms with E-state index in [1.807, 2.05) is 6.07 Å². The smallest absolute Gasteiger partial charge is 0.220 e. The molecule has 39 valence electrons. The van der Waals surface area contributed by atoms with Crippen LogP contribution in [0, 0.1) is 11.3 Å². The molecule has 7 heavy (non-hydrogen) atoms. The van der Waals surface area contributed by atoms with Gasteiger partial charge in [0, 0.05) is 6.42 Å². The molecule has 1 radical (unpaired) electrons. The van der Waals surface area contributed by atoms with Crippen molar-refractivity contribution in [3.8, 4) is 6.07 Å². The Labute approximate surface area is 45.1 Å². The van der Waals surface area contributed by atoms with E-state index in [-0.39, 0.29) is 0 Å². The molecule has 3 heteroatoms. The van der Waals surface area contributed by atoms with Crippen LogP contribution in [0.1, 0.15) is 6.42 Å². The maximum Gasteiger partial charge on any atom is 0.220 e. The van der Waals surface area contributed by atoms with Crippen molar-refractivity contribution >= 4 is 9.04 Å². The number of hydrogen-bond donors (Lipinski definition) is 0. The quantitative estimate of drug-likeness (QED) is 0.487. The molecule has 0 aromatic heterocycles. The molecule has 0 aliphatic heterocycles. The molecule has 0 rings (SSSR count). The van der Waals surface area contributed by atoms with Gasteiger partial charge in [-0.2, -0.15) is 5.26 Å². The van der Waals surface area contributed by atoms with Crippen molar-refractivity contribution in [1.29, 1.82) is 5.26 Å². The van der Waals surface area contributed by atoms with Crippen LogP contribution >= 0.6 is 0 Å². The third-order valence-electron chi connectivity index (χ3n) is 0.663. The highest BCUT2D eigenvalue weighted by atomic mass is 28.3. The predicted molar refractivity (Wildman–Crippen MR) is 28.7 cm³/mol. The first-order valence-corrected chi connectivity index (χ1v) is 4.74. The fourth-order valence-electron chi connectivity index (χ4n) is 0.268. The Balaban J connectivity index is 2.86. The van der Waals surface area contributed by atoms with Gasteiger partial charge < -0.3 is 4.80 Å². The predicted octanol–water partition coefficient (Wildman–Crippen LogP) is 0.684. The second-order valence-corrected chi connectivity index (χ2v) is 3.71. The Hall–Kier alpha value is -0.333. The van der Waals surface area contributed by atoms with Crippen LogP contribution in [0.2, 0.25) is 12.6 Å². The van der Waals surface area contributed by atoms with Gasteiger partial charge in [0.2, 0.25) is 9.04 Å². The zero-order valence-electron chi connectivity index (χ0n) is 4.35. The maximum absolute atomic E-state index is 10.3. The molecule has 0 aromatic carbocycles. The molecule has 0 bridgehead atoms. The summed E-state index contributed by atoms with van der Waals surface area (Å²) < 4.78 is 0. The van der Waals surface area contributed by atoms with Gasteiger partial charge in [0.25, 0.3) is 0 Å². The molecule has 0 aliphatic carbocycles. The van der Waals surface area contributed by atoms with E-state index >= 15 is 0 Å². The third-order valence-corrected chi connectivity index (χ3v) is 1.76. The lowest BCUT2D eigenvalue weighted by Gasteiger charge is -1.87. The Bertz CT molecular complexity index is 76.2. The van der Waals surface area contributed by atoms with E-state index in [1.165, 1.54) is 0 Å². The molecule has 1 atom stereocenters. The Kier molecular flexibility index (Phi) is 3.66. The molecule has 0 saturated carbocycles. The SMILES string of the molecule is C[SiH]([O])CCC#N. The highest BCUT2D eigenvalue weighted by Gasteiger charge is 1.97. The van der Waals surface area contributed by atoms with Crippen LogP contribution in [0.15, 0.2) is 0 Å². The minimum atomic E-state index is -1.66. The maximum atomic E-state index is 10.3. The van der Waals surface area contributed by atoms with Gasteiger partial charge in [-0.25, -0.2) is 0 Å². The summed E-state index contributed by atoms with van der Waals surface area (Å²) >= 11 is 0. The largest absolute Gasteiger partial charge is 0.302 e. The van der Waals surface area contributed by atoms with Gasteiger partial charge in [-0.1, -0.05) is 0 Å². The highest BCUT2D eigenvalue weighted by Crippen LogP contribution is 1.90. The number of hydrogen-bond acceptors (Lipinski definition) is 1. The van der Waals surface area contributed by atoms with Crippen LogP contribution in [0.3, 0.4) is 0 Å². The second-order valence-electron chi connectivity index (χ2n) is 1.51. The topological polar surface area (TPSA) is 43.7 Å². The van der Waals surface area contributed by atoms with Crippen LogP contribution < -0.4 is 0 Å². The van der Waals surface area contributed by atoms with Crippen LogP contribution in [-0.2, 0) is 4.80 Å². The fourth-order valence-corrected chi connectivity index (χ4v) is 0.803.